The largest absolute Gasteiger partial charge is 0.468 e. The van der Waals surface area contributed by atoms with Gasteiger partial charge in [-0.05, 0) is 11.5 Å². The molecule has 0 aliphatic carbocycles. The number of benzene rings is 2. The Morgan fingerprint density at radius 2 is 1.65 bits per heavy atom. The van der Waals surface area contributed by atoms with Crippen molar-refractivity contribution in [3.05, 3.63) is 42.5 Å². The molecular formula is C18H23BrMgN2O3S. The van der Waals surface area contributed by atoms with Gasteiger partial charge in [0.1, 0.15) is 0 Å². The molecule has 0 N–H and O–H groups in total. The molecule has 1 heterocycles. The summed E-state index contributed by atoms with van der Waals surface area (Å²) >= 11 is 3.62. The summed E-state index contributed by atoms with van der Waals surface area (Å²) in [5.41, 5.74) is 0. The third-order valence-corrected chi connectivity index (χ3v) is 8.95. The van der Waals surface area contributed by atoms with Crippen molar-refractivity contribution in [3.63, 3.8) is 0 Å². The van der Waals surface area contributed by atoms with Crippen LogP contribution < -0.4 is 0 Å². The van der Waals surface area contributed by atoms with Crippen LogP contribution in [-0.4, -0.2) is 67.9 Å². The first-order valence-corrected chi connectivity index (χ1v) is 15.0. The van der Waals surface area contributed by atoms with E-state index in [0.717, 1.165) is 10.8 Å². The van der Waals surface area contributed by atoms with E-state index >= 15 is 0 Å². The average Bonchev–Trinajstić information content (AvgIpc) is 2.67. The van der Waals surface area contributed by atoms with Gasteiger partial charge in [0.15, 0.2) is 0 Å². The number of sulfonamides is 1. The molecule has 8 heteroatoms. The minimum absolute atomic E-state index is 0.0118. The summed E-state index contributed by atoms with van der Waals surface area (Å²) in [6.45, 7) is 5.27. The monoisotopic (exact) mass is 450 g/mol. The number of nitrogens with zero attached hydrogens (tertiary/aromatic N) is 2. The minimum atomic E-state index is -3.54. The highest BCUT2D eigenvalue weighted by atomic mass is 79.9. The van der Waals surface area contributed by atoms with Gasteiger partial charge in [-0.15, -0.1) is 4.55 Å². The predicted molar refractivity (Wildman–Crippen MR) is 110 cm³/mol. The lowest BCUT2D eigenvalue weighted by atomic mass is 10.1. The molecule has 1 saturated heterocycles. The zero-order chi connectivity index (χ0) is 19.2. The predicted octanol–water partition coefficient (Wildman–Crippen LogP) is 3.13. The Morgan fingerprint density at radius 1 is 1.08 bits per heavy atom. The number of hydrogen-bond acceptors (Lipinski definition) is 3. The normalized spacial score (nSPS) is 15.1. The number of amides is 1. The minimum Gasteiger partial charge on any atom is -0.340 e. The van der Waals surface area contributed by atoms with Crippen LogP contribution in [0, 0.1) is 0 Å². The van der Waals surface area contributed by atoms with Gasteiger partial charge < -0.3 is 17.8 Å². The van der Waals surface area contributed by atoms with Crippen molar-refractivity contribution < 1.29 is 13.2 Å². The molecule has 0 aromatic heterocycles. The van der Waals surface area contributed by atoms with Crippen LogP contribution in [0.25, 0.3) is 10.8 Å². The molecule has 0 spiro atoms. The zero-order valence-electron chi connectivity index (χ0n) is 15.2. The third-order valence-electron chi connectivity index (χ3n) is 4.24. The highest BCUT2D eigenvalue weighted by molar-refractivity contribution is 9.23. The second kappa shape index (κ2) is 10.0. The van der Waals surface area contributed by atoms with Gasteiger partial charge in [0, 0.05) is 38.5 Å². The second-order valence-electron chi connectivity index (χ2n) is 6.08. The SMILES string of the molecule is CC(=O)N1CCN(S(=O)(=O)c2cccc3ccccc23)CC1.C[CH2][Mg][Br]. The van der Waals surface area contributed by atoms with E-state index in [2.05, 4.69) is 19.8 Å². The summed E-state index contributed by atoms with van der Waals surface area (Å²) in [6, 6.07) is 12.8. The summed E-state index contributed by atoms with van der Waals surface area (Å²) in [5, 5.41) is 1.64. The molecule has 26 heavy (non-hydrogen) atoms. The maximum atomic E-state index is 12.9. The van der Waals surface area contributed by atoms with Crippen LogP contribution in [0.3, 0.4) is 0 Å². The lowest BCUT2D eigenvalue weighted by molar-refractivity contribution is -0.129. The van der Waals surface area contributed by atoms with E-state index in [-0.39, 0.29) is 24.1 Å². The molecule has 0 bridgehead atoms. The van der Waals surface area contributed by atoms with Crippen LogP contribution >= 0.6 is 12.9 Å². The van der Waals surface area contributed by atoms with E-state index in [4.69, 9.17) is 0 Å². The Bertz CT molecular complexity index is 845. The van der Waals surface area contributed by atoms with Crippen molar-refractivity contribution in [3.8, 4) is 0 Å². The van der Waals surface area contributed by atoms with Gasteiger partial charge in [0.05, 0.1) is 4.90 Å². The maximum absolute atomic E-state index is 12.9. The van der Waals surface area contributed by atoms with Crippen molar-refractivity contribution in [1.29, 1.82) is 0 Å². The number of carbonyl (C=O) groups excluding carboxylic acids is 1. The molecule has 1 aliphatic heterocycles. The molecule has 0 saturated carbocycles. The van der Waals surface area contributed by atoms with Crippen LogP contribution in [0.5, 0.6) is 0 Å². The first-order valence-electron chi connectivity index (χ1n) is 8.71. The van der Waals surface area contributed by atoms with Gasteiger partial charge in [-0.3, -0.25) is 4.79 Å². The Hall–Kier alpha value is -0.674. The van der Waals surface area contributed by atoms with Crippen molar-refractivity contribution in [2.75, 3.05) is 26.2 Å². The highest BCUT2D eigenvalue weighted by Gasteiger charge is 2.30. The Morgan fingerprint density at radius 3 is 2.23 bits per heavy atom. The molecule has 3 rings (SSSR count). The summed E-state index contributed by atoms with van der Waals surface area (Å²) in [6.07, 6.45) is 0. The molecule has 0 radical (unpaired) electrons. The van der Waals surface area contributed by atoms with Crippen molar-refractivity contribution in [1.82, 2.24) is 9.21 Å². The molecule has 0 unspecified atom stereocenters. The Kier molecular flexibility index (Phi) is 8.34. The second-order valence-corrected chi connectivity index (χ2v) is 11.7. The lowest BCUT2D eigenvalue weighted by Crippen LogP contribution is -2.49. The first kappa shape index (κ1) is 21.6. The average molecular weight is 452 g/mol. The third kappa shape index (κ3) is 5.19. The molecule has 138 valence electrons. The highest BCUT2D eigenvalue weighted by Crippen LogP contribution is 2.26. The number of fused-ring (bicyclic) bond motifs is 1. The lowest BCUT2D eigenvalue weighted by Gasteiger charge is -2.33. The smallest absolute Gasteiger partial charge is 0.340 e. The number of carbonyl (C=O) groups is 1. The van der Waals surface area contributed by atoms with Gasteiger partial charge in [-0.1, -0.05) is 43.3 Å². The van der Waals surface area contributed by atoms with Crippen LogP contribution in [0.2, 0.25) is 4.55 Å². The first-order chi connectivity index (χ1) is 12.4. The fourth-order valence-corrected chi connectivity index (χ4v) is 4.44. The van der Waals surface area contributed by atoms with Gasteiger partial charge in [-0.2, -0.15) is 4.31 Å². The molecule has 1 aliphatic rings. The summed E-state index contributed by atoms with van der Waals surface area (Å²) < 4.78 is 28.6. The van der Waals surface area contributed by atoms with E-state index in [1.54, 1.807) is 17.0 Å². The standard InChI is InChI=1S/C16H18N2O3S.C2H5.BrH.Mg/c1-13(19)17-9-11-18(12-10-17)22(20,21)16-8-4-6-14-5-2-3-7-15(14)16;1-2;;/h2-8H,9-12H2,1H3;1H2,2H3;1H;/q;;;+1/p-1. The van der Waals surface area contributed by atoms with Crippen LogP contribution in [0.1, 0.15) is 13.8 Å². The van der Waals surface area contributed by atoms with Gasteiger partial charge in [-0.25, -0.2) is 8.42 Å². The molecule has 1 amide bonds. The zero-order valence-corrected chi connectivity index (χ0v) is 19.0. The summed E-state index contributed by atoms with van der Waals surface area (Å²) in [4.78, 5) is 13.4. The number of rotatable bonds is 3. The molecule has 2 aromatic carbocycles. The molecule has 1 fully saturated rings. The molecule has 5 nitrogen and oxygen atoms in total. The molecular weight excluding hydrogens is 428 g/mol. The quantitative estimate of drug-likeness (QED) is 0.674. The Labute approximate surface area is 171 Å². The maximum Gasteiger partial charge on any atom is 0.468 e. The number of hydrogen-bond donors (Lipinski definition) is 0. The van der Waals surface area contributed by atoms with Crippen LogP contribution in [0.4, 0.5) is 0 Å². The van der Waals surface area contributed by atoms with E-state index in [1.165, 1.54) is 15.8 Å². The van der Waals surface area contributed by atoms with E-state index < -0.39 is 10.0 Å². The van der Waals surface area contributed by atoms with Crippen LogP contribution in [-0.2, 0) is 14.8 Å². The van der Waals surface area contributed by atoms with Crippen LogP contribution in [0.15, 0.2) is 47.4 Å². The van der Waals surface area contributed by atoms with E-state index in [0.29, 0.717) is 31.1 Å². The Balaban J connectivity index is 0.000000552. The van der Waals surface area contributed by atoms with Gasteiger partial charge >= 0.3 is 18.2 Å². The van der Waals surface area contributed by atoms with Crippen molar-refractivity contribution in [2.45, 2.75) is 23.3 Å². The fourth-order valence-electron chi connectivity index (χ4n) is 2.80. The van der Waals surface area contributed by atoms with Crippen molar-refractivity contribution >= 4 is 57.8 Å². The fraction of sp³-hybridized carbons (Fsp3) is 0.389. The topological polar surface area (TPSA) is 57.7 Å². The van der Waals surface area contributed by atoms with E-state index in [9.17, 15) is 13.2 Å². The van der Waals surface area contributed by atoms with Crippen molar-refractivity contribution in [2.24, 2.45) is 0 Å². The summed E-state index contributed by atoms with van der Waals surface area (Å²) in [7, 11) is -3.54. The van der Waals surface area contributed by atoms with E-state index in [1.807, 2.05) is 30.3 Å². The summed E-state index contributed by atoms with van der Waals surface area (Å²) in [5.74, 6) is -0.0118. The van der Waals surface area contributed by atoms with Gasteiger partial charge in [0.25, 0.3) is 0 Å². The molecule has 2 aromatic rings. The van der Waals surface area contributed by atoms with Gasteiger partial charge in [0.2, 0.25) is 15.9 Å². The molecule has 0 atom stereocenters. The number of piperazine rings is 1. The number of halogens is 1.